The van der Waals surface area contributed by atoms with Crippen LogP contribution in [0, 0.1) is 0 Å². The zero-order chi connectivity index (χ0) is 13.4. The molecule has 0 radical (unpaired) electrons. The lowest BCUT2D eigenvalue weighted by Gasteiger charge is -2.17. The Hall–Kier alpha value is -1.10. The van der Waals surface area contributed by atoms with Crippen LogP contribution in [0.25, 0.3) is 0 Å². The van der Waals surface area contributed by atoms with Gasteiger partial charge in [0.2, 0.25) is 0 Å². The van der Waals surface area contributed by atoms with Crippen LogP contribution >= 0.6 is 0 Å². The molecule has 0 aliphatic rings. The average Bonchev–Trinajstić information content (AvgIpc) is 2.15. The molecule has 2 amide bonds. The Morgan fingerprint density at radius 3 is 1.94 bits per heavy atom. The molecule has 0 aromatic carbocycles. The Balaban J connectivity index is 0. The fraction of sp³-hybridized carbons (Fsp3) is 0.818. The van der Waals surface area contributed by atoms with Gasteiger partial charge in [-0.3, -0.25) is 9.59 Å². The standard InChI is InChI=1S/C9H18N2O3.C2H6/c1-6(2)11-8(13)7(12)10-5-9(3,4)14;1-2/h6,14H,5H2,1-4H3,(H,10,12)(H,11,13);1-2H3. The second kappa shape index (κ2) is 8.10. The van der Waals surface area contributed by atoms with Gasteiger partial charge in [0, 0.05) is 12.6 Å². The Morgan fingerprint density at radius 2 is 1.62 bits per heavy atom. The van der Waals surface area contributed by atoms with Crippen LogP contribution in [0.5, 0.6) is 0 Å². The van der Waals surface area contributed by atoms with E-state index in [0.29, 0.717) is 0 Å². The first-order valence-corrected chi connectivity index (χ1v) is 5.53. The summed E-state index contributed by atoms with van der Waals surface area (Å²) in [5.41, 5.74) is -1.01. The highest BCUT2D eigenvalue weighted by atomic mass is 16.3. The third kappa shape index (κ3) is 11.0. The minimum Gasteiger partial charge on any atom is -0.389 e. The molecule has 3 N–H and O–H groups in total. The summed E-state index contributed by atoms with van der Waals surface area (Å²) in [6, 6.07) is -0.0737. The highest BCUT2D eigenvalue weighted by molar-refractivity contribution is 6.35. The zero-order valence-electron chi connectivity index (χ0n) is 11.0. The van der Waals surface area contributed by atoms with Crippen LogP contribution in [0.2, 0.25) is 0 Å². The van der Waals surface area contributed by atoms with Crippen molar-refractivity contribution in [3.8, 4) is 0 Å². The van der Waals surface area contributed by atoms with E-state index in [-0.39, 0.29) is 12.6 Å². The molecule has 0 aliphatic heterocycles. The molecule has 0 saturated carbocycles. The van der Waals surface area contributed by atoms with E-state index in [1.54, 1.807) is 27.7 Å². The predicted octanol–water partition coefficient (Wildman–Crippen LogP) is 0.424. The molecule has 0 fully saturated rings. The van der Waals surface area contributed by atoms with E-state index in [1.807, 2.05) is 13.8 Å². The smallest absolute Gasteiger partial charge is 0.309 e. The van der Waals surface area contributed by atoms with E-state index >= 15 is 0 Å². The minimum absolute atomic E-state index is 0.0529. The number of nitrogens with one attached hydrogen (secondary N) is 2. The monoisotopic (exact) mass is 232 g/mol. The van der Waals surface area contributed by atoms with Gasteiger partial charge < -0.3 is 15.7 Å². The number of aliphatic hydroxyl groups is 1. The topological polar surface area (TPSA) is 78.4 Å². The van der Waals surface area contributed by atoms with E-state index in [9.17, 15) is 14.7 Å². The molecule has 96 valence electrons. The lowest BCUT2D eigenvalue weighted by Crippen LogP contribution is -2.46. The fourth-order valence-corrected chi connectivity index (χ4v) is 0.705. The first-order chi connectivity index (χ1) is 7.22. The molecule has 0 spiro atoms. The van der Waals surface area contributed by atoms with Crippen molar-refractivity contribution in [3.05, 3.63) is 0 Å². The number of carbonyl (C=O) groups is 2. The maximum atomic E-state index is 11.1. The molecular formula is C11H24N2O3. The Labute approximate surface area is 97.6 Å². The summed E-state index contributed by atoms with van der Waals surface area (Å²) in [6.45, 7) is 10.7. The molecule has 0 rings (SSSR count). The highest BCUT2D eigenvalue weighted by Gasteiger charge is 2.18. The molecule has 0 unspecified atom stereocenters. The van der Waals surface area contributed by atoms with Crippen molar-refractivity contribution < 1.29 is 14.7 Å². The zero-order valence-corrected chi connectivity index (χ0v) is 11.0. The molecule has 0 atom stereocenters. The molecule has 16 heavy (non-hydrogen) atoms. The van der Waals surface area contributed by atoms with Crippen LogP contribution in [0.4, 0.5) is 0 Å². The Kier molecular flexibility index (Phi) is 8.76. The Bertz CT molecular complexity index is 220. The third-order valence-corrected chi connectivity index (χ3v) is 1.31. The molecule has 5 heteroatoms. The summed E-state index contributed by atoms with van der Waals surface area (Å²) in [5.74, 6) is -1.40. The maximum absolute atomic E-state index is 11.1. The van der Waals surface area contributed by atoms with Crippen LogP contribution in [0.1, 0.15) is 41.5 Å². The number of hydrogen-bond acceptors (Lipinski definition) is 3. The summed E-state index contributed by atoms with van der Waals surface area (Å²) in [6.07, 6.45) is 0. The van der Waals surface area contributed by atoms with E-state index < -0.39 is 17.4 Å². The first-order valence-electron chi connectivity index (χ1n) is 5.53. The van der Waals surface area contributed by atoms with Gasteiger partial charge in [-0.1, -0.05) is 13.8 Å². The van der Waals surface area contributed by atoms with Crippen LogP contribution < -0.4 is 10.6 Å². The SMILES string of the molecule is CC.CC(C)NC(=O)C(=O)NCC(C)(C)O. The summed E-state index contributed by atoms with van der Waals surface area (Å²) in [5, 5.41) is 14.1. The van der Waals surface area contributed by atoms with Crippen molar-refractivity contribution in [3.63, 3.8) is 0 Å². The highest BCUT2D eigenvalue weighted by Crippen LogP contribution is 1.96. The fourth-order valence-electron chi connectivity index (χ4n) is 0.705. The minimum atomic E-state index is -1.01. The lowest BCUT2D eigenvalue weighted by molar-refractivity contribution is -0.140. The van der Waals surface area contributed by atoms with Crippen LogP contribution in [0.3, 0.4) is 0 Å². The average molecular weight is 232 g/mol. The number of carbonyl (C=O) groups excluding carboxylic acids is 2. The third-order valence-electron chi connectivity index (χ3n) is 1.31. The Morgan fingerprint density at radius 1 is 1.19 bits per heavy atom. The van der Waals surface area contributed by atoms with Crippen molar-refractivity contribution in [2.45, 2.75) is 53.2 Å². The summed E-state index contributed by atoms with van der Waals surface area (Å²) >= 11 is 0. The quantitative estimate of drug-likeness (QED) is 0.617. The molecular weight excluding hydrogens is 208 g/mol. The van der Waals surface area contributed by atoms with Crippen LogP contribution in [0.15, 0.2) is 0 Å². The molecule has 0 heterocycles. The van der Waals surface area contributed by atoms with Gasteiger partial charge in [-0.05, 0) is 27.7 Å². The van der Waals surface area contributed by atoms with Crippen molar-refractivity contribution in [2.24, 2.45) is 0 Å². The first kappa shape index (κ1) is 17.3. The second-order valence-electron chi connectivity index (χ2n) is 4.12. The van der Waals surface area contributed by atoms with Crippen LogP contribution in [-0.4, -0.2) is 35.1 Å². The van der Waals surface area contributed by atoms with Gasteiger partial charge >= 0.3 is 11.8 Å². The van der Waals surface area contributed by atoms with Gasteiger partial charge in [0.25, 0.3) is 0 Å². The lowest BCUT2D eigenvalue weighted by atomic mass is 10.1. The van der Waals surface area contributed by atoms with Gasteiger partial charge in [0.1, 0.15) is 0 Å². The summed E-state index contributed by atoms with van der Waals surface area (Å²) in [4.78, 5) is 22.2. The van der Waals surface area contributed by atoms with E-state index in [4.69, 9.17) is 0 Å². The van der Waals surface area contributed by atoms with Gasteiger partial charge in [0.05, 0.1) is 5.60 Å². The number of rotatable bonds is 3. The van der Waals surface area contributed by atoms with E-state index in [2.05, 4.69) is 10.6 Å². The molecule has 0 saturated heterocycles. The van der Waals surface area contributed by atoms with Crippen molar-refractivity contribution in [1.29, 1.82) is 0 Å². The molecule has 5 nitrogen and oxygen atoms in total. The van der Waals surface area contributed by atoms with Crippen molar-refractivity contribution in [2.75, 3.05) is 6.54 Å². The molecule has 0 aromatic heterocycles. The number of amides is 2. The summed E-state index contributed by atoms with van der Waals surface area (Å²) < 4.78 is 0. The van der Waals surface area contributed by atoms with Crippen molar-refractivity contribution in [1.82, 2.24) is 10.6 Å². The predicted molar refractivity (Wildman–Crippen MR) is 63.9 cm³/mol. The van der Waals surface area contributed by atoms with Gasteiger partial charge in [-0.2, -0.15) is 0 Å². The van der Waals surface area contributed by atoms with Gasteiger partial charge in [0.15, 0.2) is 0 Å². The summed E-state index contributed by atoms with van der Waals surface area (Å²) in [7, 11) is 0. The van der Waals surface area contributed by atoms with E-state index in [1.165, 1.54) is 0 Å². The molecule has 0 bridgehead atoms. The maximum Gasteiger partial charge on any atom is 0.309 e. The van der Waals surface area contributed by atoms with Gasteiger partial charge in [-0.25, -0.2) is 0 Å². The molecule has 0 aliphatic carbocycles. The largest absolute Gasteiger partial charge is 0.389 e. The molecule has 0 aromatic rings. The number of hydrogen-bond donors (Lipinski definition) is 3. The van der Waals surface area contributed by atoms with Crippen molar-refractivity contribution >= 4 is 11.8 Å². The van der Waals surface area contributed by atoms with Crippen LogP contribution in [-0.2, 0) is 9.59 Å². The normalized spacial score (nSPS) is 10.2. The second-order valence-corrected chi connectivity index (χ2v) is 4.12. The van der Waals surface area contributed by atoms with Gasteiger partial charge in [-0.15, -0.1) is 0 Å². The van der Waals surface area contributed by atoms with E-state index in [0.717, 1.165) is 0 Å².